The van der Waals surface area contributed by atoms with Crippen LogP contribution in [-0.2, 0) is 18.3 Å². The van der Waals surface area contributed by atoms with E-state index in [2.05, 4.69) is 15.2 Å². The smallest absolute Gasteiger partial charge is 0.227 e. The number of aryl methyl sites for hydroxylation is 1. The van der Waals surface area contributed by atoms with Crippen LogP contribution < -0.4 is 5.32 Å². The van der Waals surface area contributed by atoms with Gasteiger partial charge in [-0.2, -0.15) is 0 Å². The summed E-state index contributed by atoms with van der Waals surface area (Å²) in [6.45, 7) is 4.46. The van der Waals surface area contributed by atoms with E-state index in [-0.39, 0.29) is 5.91 Å². The predicted octanol–water partition coefficient (Wildman–Crippen LogP) is 0.955. The molecule has 19 heavy (non-hydrogen) atoms. The molecule has 2 rings (SSSR count). The molecular formula is C14H24N4O. The molecule has 0 atom stereocenters. The van der Waals surface area contributed by atoms with Gasteiger partial charge in [0.15, 0.2) is 0 Å². The van der Waals surface area contributed by atoms with Gasteiger partial charge in [0, 0.05) is 26.0 Å². The van der Waals surface area contributed by atoms with Crippen LogP contribution in [0.4, 0.5) is 0 Å². The van der Waals surface area contributed by atoms with Crippen LogP contribution in [0, 0.1) is 0 Å². The van der Waals surface area contributed by atoms with Crippen molar-refractivity contribution >= 4 is 5.91 Å². The summed E-state index contributed by atoms with van der Waals surface area (Å²) in [6, 6.07) is 0. The molecule has 0 bridgehead atoms. The number of amides is 1. The van der Waals surface area contributed by atoms with Gasteiger partial charge in [-0.1, -0.05) is 0 Å². The SMILES string of the molecule is Cn1ccnc1CC(=O)NCCCCN1CCCC1. The number of likely N-dealkylation sites (tertiary alicyclic amines) is 1. The molecule has 1 saturated heterocycles. The monoisotopic (exact) mass is 264 g/mol. The summed E-state index contributed by atoms with van der Waals surface area (Å²) < 4.78 is 1.88. The van der Waals surface area contributed by atoms with Crippen LogP contribution in [0.25, 0.3) is 0 Å². The summed E-state index contributed by atoms with van der Waals surface area (Å²) in [5.41, 5.74) is 0. The molecule has 1 N–H and O–H groups in total. The van der Waals surface area contributed by atoms with E-state index in [4.69, 9.17) is 0 Å². The number of nitrogens with one attached hydrogen (secondary N) is 1. The zero-order chi connectivity index (χ0) is 13.5. The number of imidazole rings is 1. The van der Waals surface area contributed by atoms with Gasteiger partial charge in [0.1, 0.15) is 5.82 Å². The molecule has 0 spiro atoms. The number of nitrogens with zero attached hydrogens (tertiary/aromatic N) is 3. The molecule has 5 heteroatoms. The summed E-state index contributed by atoms with van der Waals surface area (Å²) >= 11 is 0. The molecule has 2 heterocycles. The first-order valence-corrected chi connectivity index (χ1v) is 7.21. The Morgan fingerprint density at radius 3 is 2.84 bits per heavy atom. The van der Waals surface area contributed by atoms with Crippen molar-refractivity contribution in [1.29, 1.82) is 0 Å². The van der Waals surface area contributed by atoms with E-state index in [1.807, 2.05) is 17.8 Å². The Morgan fingerprint density at radius 2 is 2.16 bits per heavy atom. The van der Waals surface area contributed by atoms with Crippen LogP contribution in [-0.4, -0.2) is 46.5 Å². The van der Waals surface area contributed by atoms with Gasteiger partial charge in [0.2, 0.25) is 5.91 Å². The van der Waals surface area contributed by atoms with Crippen molar-refractivity contribution < 1.29 is 4.79 Å². The fraction of sp³-hybridized carbons (Fsp3) is 0.714. The number of aromatic nitrogens is 2. The fourth-order valence-corrected chi connectivity index (χ4v) is 2.47. The van der Waals surface area contributed by atoms with Gasteiger partial charge in [-0.25, -0.2) is 4.98 Å². The van der Waals surface area contributed by atoms with E-state index in [1.54, 1.807) is 6.20 Å². The first-order chi connectivity index (χ1) is 9.25. The van der Waals surface area contributed by atoms with Crippen molar-refractivity contribution in [3.63, 3.8) is 0 Å². The van der Waals surface area contributed by atoms with Crippen LogP contribution in [0.15, 0.2) is 12.4 Å². The third kappa shape index (κ3) is 4.67. The molecule has 0 radical (unpaired) electrons. The quantitative estimate of drug-likeness (QED) is 0.746. The Balaban J connectivity index is 1.53. The average molecular weight is 264 g/mol. The Hall–Kier alpha value is -1.36. The minimum Gasteiger partial charge on any atom is -0.356 e. The van der Waals surface area contributed by atoms with Gasteiger partial charge in [0.25, 0.3) is 0 Å². The Bertz CT molecular complexity index is 396. The van der Waals surface area contributed by atoms with Gasteiger partial charge in [0.05, 0.1) is 6.42 Å². The molecule has 0 saturated carbocycles. The number of unbranched alkanes of at least 4 members (excludes halogenated alkanes) is 1. The summed E-state index contributed by atoms with van der Waals surface area (Å²) in [4.78, 5) is 18.4. The van der Waals surface area contributed by atoms with Crippen molar-refractivity contribution in [2.75, 3.05) is 26.2 Å². The zero-order valence-electron chi connectivity index (χ0n) is 11.8. The Labute approximate surface area is 115 Å². The third-order valence-electron chi connectivity index (χ3n) is 3.66. The zero-order valence-corrected chi connectivity index (χ0v) is 11.8. The maximum atomic E-state index is 11.7. The summed E-state index contributed by atoms with van der Waals surface area (Å²) in [5, 5.41) is 2.96. The highest BCUT2D eigenvalue weighted by molar-refractivity contribution is 5.77. The lowest BCUT2D eigenvalue weighted by Gasteiger charge is -2.13. The number of carbonyl (C=O) groups is 1. The third-order valence-corrected chi connectivity index (χ3v) is 3.66. The van der Waals surface area contributed by atoms with E-state index in [0.29, 0.717) is 6.42 Å². The van der Waals surface area contributed by atoms with Crippen molar-refractivity contribution in [2.45, 2.75) is 32.1 Å². The van der Waals surface area contributed by atoms with E-state index in [0.717, 1.165) is 18.8 Å². The minimum atomic E-state index is 0.0653. The molecule has 0 aromatic carbocycles. The number of hydrogen-bond donors (Lipinski definition) is 1. The van der Waals surface area contributed by atoms with E-state index in [9.17, 15) is 4.79 Å². The van der Waals surface area contributed by atoms with Crippen molar-refractivity contribution in [3.05, 3.63) is 18.2 Å². The molecule has 1 aliphatic heterocycles. The minimum absolute atomic E-state index is 0.0653. The molecule has 0 unspecified atom stereocenters. The summed E-state index contributed by atoms with van der Waals surface area (Å²) in [7, 11) is 1.91. The fourth-order valence-electron chi connectivity index (χ4n) is 2.47. The van der Waals surface area contributed by atoms with Crippen LogP contribution in [0.5, 0.6) is 0 Å². The number of rotatable bonds is 7. The summed E-state index contributed by atoms with van der Waals surface area (Å²) in [5.74, 6) is 0.880. The first-order valence-electron chi connectivity index (χ1n) is 7.21. The average Bonchev–Trinajstić information content (AvgIpc) is 3.02. The maximum absolute atomic E-state index is 11.7. The Morgan fingerprint density at radius 1 is 1.37 bits per heavy atom. The van der Waals surface area contributed by atoms with Crippen LogP contribution >= 0.6 is 0 Å². The first kappa shape index (κ1) is 14.1. The maximum Gasteiger partial charge on any atom is 0.227 e. The van der Waals surface area contributed by atoms with Crippen molar-refractivity contribution in [2.24, 2.45) is 7.05 Å². The highest BCUT2D eigenvalue weighted by atomic mass is 16.1. The molecule has 1 aliphatic rings. The van der Waals surface area contributed by atoms with Crippen LogP contribution in [0.2, 0.25) is 0 Å². The van der Waals surface area contributed by atoms with Crippen molar-refractivity contribution in [3.8, 4) is 0 Å². The topological polar surface area (TPSA) is 50.2 Å². The van der Waals surface area contributed by atoms with Gasteiger partial charge < -0.3 is 14.8 Å². The lowest BCUT2D eigenvalue weighted by atomic mass is 10.3. The highest BCUT2D eigenvalue weighted by Crippen LogP contribution is 2.07. The van der Waals surface area contributed by atoms with E-state index < -0.39 is 0 Å². The molecule has 1 aromatic rings. The second-order valence-corrected chi connectivity index (χ2v) is 5.24. The van der Waals surface area contributed by atoms with Crippen LogP contribution in [0.1, 0.15) is 31.5 Å². The van der Waals surface area contributed by atoms with Crippen LogP contribution in [0.3, 0.4) is 0 Å². The van der Waals surface area contributed by atoms with Gasteiger partial charge in [-0.3, -0.25) is 4.79 Å². The largest absolute Gasteiger partial charge is 0.356 e. The van der Waals surface area contributed by atoms with Gasteiger partial charge in [-0.15, -0.1) is 0 Å². The Kier molecular flexibility index (Phi) is 5.39. The van der Waals surface area contributed by atoms with E-state index >= 15 is 0 Å². The molecule has 1 fully saturated rings. The van der Waals surface area contributed by atoms with E-state index in [1.165, 1.54) is 38.9 Å². The molecule has 106 valence electrons. The summed E-state index contributed by atoms with van der Waals surface area (Å²) in [6.07, 6.45) is 8.87. The second kappa shape index (κ2) is 7.28. The van der Waals surface area contributed by atoms with Crippen molar-refractivity contribution in [1.82, 2.24) is 19.8 Å². The standard InChI is InChI=1S/C14H24N4O/c1-17-11-7-15-13(17)12-14(19)16-6-2-3-8-18-9-4-5-10-18/h7,11H,2-6,8-10,12H2,1H3,(H,16,19). The molecule has 1 amide bonds. The number of hydrogen-bond acceptors (Lipinski definition) is 3. The number of carbonyl (C=O) groups excluding carboxylic acids is 1. The lowest BCUT2D eigenvalue weighted by molar-refractivity contribution is -0.120. The second-order valence-electron chi connectivity index (χ2n) is 5.24. The highest BCUT2D eigenvalue weighted by Gasteiger charge is 2.10. The van der Waals surface area contributed by atoms with Gasteiger partial charge in [-0.05, 0) is 45.3 Å². The predicted molar refractivity (Wildman–Crippen MR) is 74.8 cm³/mol. The normalized spacial score (nSPS) is 15.8. The molecule has 5 nitrogen and oxygen atoms in total. The lowest BCUT2D eigenvalue weighted by Crippen LogP contribution is -2.28. The molecule has 0 aliphatic carbocycles. The molecular weight excluding hydrogens is 240 g/mol. The van der Waals surface area contributed by atoms with Gasteiger partial charge >= 0.3 is 0 Å². The molecule has 1 aromatic heterocycles.